The minimum absolute atomic E-state index is 0.0538. The summed E-state index contributed by atoms with van der Waals surface area (Å²) in [4.78, 5) is 0. The molecule has 1 aliphatic carbocycles. The maximum absolute atomic E-state index is 5.15. The molecule has 1 saturated carbocycles. The van der Waals surface area contributed by atoms with Crippen LogP contribution in [0.2, 0.25) is 5.54 Å². The van der Waals surface area contributed by atoms with Gasteiger partial charge >= 0.3 is 0 Å². The highest BCUT2D eigenvalue weighted by molar-refractivity contribution is 6.38. The molecule has 0 bridgehead atoms. The molecule has 0 unspecified atom stereocenters. The fourth-order valence-corrected chi connectivity index (χ4v) is 2.92. The van der Waals surface area contributed by atoms with Crippen LogP contribution in [0.1, 0.15) is 25.7 Å². The van der Waals surface area contributed by atoms with E-state index in [2.05, 4.69) is 0 Å². The average molecular weight is 172 g/mol. The number of rotatable bonds is 4. The Kier molecular flexibility index (Phi) is 4.11. The lowest BCUT2D eigenvalue weighted by Gasteiger charge is -2.15. The molecule has 1 aliphatic rings. The normalized spacial score (nSPS) is 19.9. The fourth-order valence-electron chi connectivity index (χ4n) is 1.52. The zero-order valence-electron chi connectivity index (χ0n) is 7.30. The number of methoxy groups -OCH3 is 2. The van der Waals surface area contributed by atoms with Crippen LogP contribution in [0, 0.1) is 0 Å². The van der Waals surface area contributed by atoms with Crippen molar-refractivity contribution in [1.82, 2.24) is 0 Å². The van der Waals surface area contributed by atoms with Crippen LogP contribution < -0.4 is 0 Å². The van der Waals surface area contributed by atoms with Crippen LogP contribution in [0.5, 0.6) is 0 Å². The highest BCUT2D eigenvalue weighted by Crippen LogP contribution is 2.29. The predicted molar refractivity (Wildman–Crippen MR) is 45.8 cm³/mol. The van der Waals surface area contributed by atoms with Crippen LogP contribution in [-0.2, 0) is 9.47 Å². The summed E-state index contributed by atoms with van der Waals surface area (Å²) in [5.41, 5.74) is 0.875. The van der Waals surface area contributed by atoms with E-state index in [1.807, 2.05) is 0 Å². The first-order valence-electron chi connectivity index (χ1n) is 4.18. The van der Waals surface area contributed by atoms with E-state index in [9.17, 15) is 0 Å². The molecule has 11 heavy (non-hydrogen) atoms. The summed E-state index contributed by atoms with van der Waals surface area (Å²) in [6, 6.07) is 0. The minimum Gasteiger partial charge on any atom is -0.360 e. The van der Waals surface area contributed by atoms with Gasteiger partial charge in [-0.3, -0.25) is 0 Å². The Labute approximate surface area is 71.1 Å². The van der Waals surface area contributed by atoms with Gasteiger partial charge < -0.3 is 9.47 Å². The molecule has 0 aromatic heterocycles. The number of hydrogen-bond acceptors (Lipinski definition) is 2. The van der Waals surface area contributed by atoms with Crippen molar-refractivity contribution >= 4 is 9.52 Å². The lowest BCUT2D eigenvalue weighted by Crippen LogP contribution is -2.24. The highest BCUT2D eigenvalue weighted by atomic mass is 28.2. The van der Waals surface area contributed by atoms with Crippen molar-refractivity contribution in [2.24, 2.45) is 0 Å². The molecule has 1 rings (SSSR count). The smallest absolute Gasteiger partial charge is 0.136 e. The van der Waals surface area contributed by atoms with E-state index >= 15 is 0 Å². The van der Waals surface area contributed by atoms with Crippen molar-refractivity contribution in [1.29, 1.82) is 0 Å². The van der Waals surface area contributed by atoms with Crippen LogP contribution in [0.15, 0.2) is 0 Å². The average Bonchev–Trinajstić information content (AvgIpc) is 2.52. The van der Waals surface area contributed by atoms with Gasteiger partial charge in [0.1, 0.15) is 15.4 Å². The van der Waals surface area contributed by atoms with E-state index in [0.717, 1.165) is 15.1 Å². The zero-order chi connectivity index (χ0) is 8.10. The van der Waals surface area contributed by atoms with Crippen LogP contribution in [-0.4, -0.2) is 29.7 Å². The largest absolute Gasteiger partial charge is 0.360 e. The first kappa shape index (κ1) is 9.23. The van der Waals surface area contributed by atoms with E-state index in [0.29, 0.717) is 0 Å². The summed E-state index contributed by atoms with van der Waals surface area (Å²) in [6.07, 6.45) is 5.55. The molecule has 0 aliphatic heterocycles. The molecule has 0 aromatic rings. The molecule has 0 N–H and O–H groups in total. The maximum atomic E-state index is 5.15. The molecule has 1 fully saturated rings. The van der Waals surface area contributed by atoms with Crippen molar-refractivity contribution in [3.05, 3.63) is 0 Å². The fraction of sp³-hybridized carbons (Fsp3) is 1.00. The lowest BCUT2D eigenvalue weighted by atomic mass is 10.4. The van der Waals surface area contributed by atoms with E-state index < -0.39 is 0 Å². The predicted octanol–water partition coefficient (Wildman–Crippen LogP) is 1.63. The van der Waals surface area contributed by atoms with Gasteiger partial charge in [0.05, 0.1) is 0 Å². The summed E-state index contributed by atoms with van der Waals surface area (Å²) in [7, 11) is 4.27. The Balaban J connectivity index is 2.16. The topological polar surface area (TPSA) is 18.5 Å². The Bertz CT molecular complexity index is 98.3. The van der Waals surface area contributed by atoms with Crippen molar-refractivity contribution in [2.75, 3.05) is 14.2 Å². The summed E-state index contributed by atoms with van der Waals surface area (Å²) < 4.78 is 10.3. The Morgan fingerprint density at radius 2 is 1.73 bits per heavy atom. The summed E-state index contributed by atoms with van der Waals surface area (Å²) in [5, 5.41) is 0. The lowest BCUT2D eigenvalue weighted by molar-refractivity contribution is -0.0448. The van der Waals surface area contributed by atoms with E-state index in [4.69, 9.17) is 9.47 Å². The summed E-state index contributed by atoms with van der Waals surface area (Å²) in [6.45, 7) is 0. The zero-order valence-corrected chi connectivity index (χ0v) is 8.30. The second-order valence-electron chi connectivity index (χ2n) is 2.95. The van der Waals surface area contributed by atoms with Crippen LogP contribution in [0.3, 0.4) is 0 Å². The van der Waals surface area contributed by atoms with Gasteiger partial charge in [-0.15, -0.1) is 0 Å². The third kappa shape index (κ3) is 2.93. The quantitative estimate of drug-likeness (QED) is 0.474. The molecule has 2 nitrogen and oxygen atoms in total. The van der Waals surface area contributed by atoms with E-state index in [1.54, 1.807) is 14.2 Å². The molecule has 2 radical (unpaired) electrons. The molecule has 3 heteroatoms. The van der Waals surface area contributed by atoms with Gasteiger partial charge in [-0.2, -0.15) is 0 Å². The third-order valence-electron chi connectivity index (χ3n) is 2.16. The second kappa shape index (κ2) is 4.90. The van der Waals surface area contributed by atoms with Crippen molar-refractivity contribution in [3.63, 3.8) is 0 Å². The number of ether oxygens (including phenoxy) is 2. The first-order chi connectivity index (χ1) is 5.36. The molecule has 0 atom stereocenters. The molecular formula is C8H16O2Si. The molecule has 64 valence electrons. The standard InChI is InChI=1S/C8H16O2Si/c1-9-8(10-2)11-7-5-3-4-6-7/h7-8H,3-6H2,1-2H3. The van der Waals surface area contributed by atoms with Gasteiger partial charge in [-0.05, 0) is 5.54 Å². The van der Waals surface area contributed by atoms with Crippen LogP contribution in [0.25, 0.3) is 0 Å². The van der Waals surface area contributed by atoms with Gasteiger partial charge in [-0.25, -0.2) is 0 Å². The van der Waals surface area contributed by atoms with Gasteiger partial charge in [0.2, 0.25) is 0 Å². The molecule has 0 aromatic carbocycles. The Hall–Kier alpha value is 0.137. The van der Waals surface area contributed by atoms with Gasteiger partial charge in [0.25, 0.3) is 0 Å². The molecule has 0 saturated heterocycles. The van der Waals surface area contributed by atoms with Crippen LogP contribution in [0.4, 0.5) is 0 Å². The monoisotopic (exact) mass is 172 g/mol. The van der Waals surface area contributed by atoms with Crippen molar-refractivity contribution < 1.29 is 9.47 Å². The van der Waals surface area contributed by atoms with Crippen molar-refractivity contribution in [3.8, 4) is 0 Å². The van der Waals surface area contributed by atoms with Gasteiger partial charge in [0.15, 0.2) is 0 Å². The molecule has 0 spiro atoms. The van der Waals surface area contributed by atoms with Crippen molar-refractivity contribution in [2.45, 2.75) is 37.1 Å². The Morgan fingerprint density at radius 1 is 1.18 bits per heavy atom. The molecule has 0 amide bonds. The summed E-state index contributed by atoms with van der Waals surface area (Å²) in [5.74, 6) is 0.0538. The van der Waals surface area contributed by atoms with Gasteiger partial charge in [0, 0.05) is 14.2 Å². The SMILES string of the molecule is COC(OC)[Si]C1CCCC1. The van der Waals surface area contributed by atoms with E-state index in [-0.39, 0.29) is 5.91 Å². The maximum Gasteiger partial charge on any atom is 0.136 e. The molecule has 0 heterocycles. The highest BCUT2D eigenvalue weighted by Gasteiger charge is 2.20. The molecular weight excluding hydrogens is 156 g/mol. The second-order valence-corrected chi connectivity index (χ2v) is 4.57. The third-order valence-corrected chi connectivity index (χ3v) is 3.95. The minimum atomic E-state index is 0.0538. The van der Waals surface area contributed by atoms with Gasteiger partial charge in [-0.1, -0.05) is 25.7 Å². The number of hydrogen-bond donors (Lipinski definition) is 0. The first-order valence-corrected chi connectivity index (χ1v) is 5.34. The Morgan fingerprint density at radius 3 is 2.18 bits per heavy atom. The van der Waals surface area contributed by atoms with E-state index in [1.165, 1.54) is 25.7 Å². The summed E-state index contributed by atoms with van der Waals surface area (Å²) >= 11 is 0. The van der Waals surface area contributed by atoms with Crippen LogP contribution >= 0.6 is 0 Å².